The van der Waals surface area contributed by atoms with Crippen LogP contribution in [-0.4, -0.2) is 18.1 Å². The Morgan fingerprint density at radius 2 is 1.80 bits per heavy atom. The highest BCUT2D eigenvalue weighted by Gasteiger charge is 2.17. The highest BCUT2D eigenvalue weighted by molar-refractivity contribution is 5.93. The van der Waals surface area contributed by atoms with Crippen molar-refractivity contribution >= 4 is 11.6 Å². The number of ether oxygens (including phenoxy) is 1. The van der Waals surface area contributed by atoms with Crippen LogP contribution in [-0.2, 0) is 16.1 Å². The molecule has 0 aromatic heterocycles. The third-order valence-electron chi connectivity index (χ3n) is 3.07. The summed E-state index contributed by atoms with van der Waals surface area (Å²) in [6.07, 6.45) is 0.566. The van der Waals surface area contributed by atoms with Crippen molar-refractivity contribution in [1.82, 2.24) is 0 Å². The molecule has 1 aromatic rings. The van der Waals surface area contributed by atoms with E-state index in [1.807, 2.05) is 31.2 Å². The van der Waals surface area contributed by atoms with E-state index in [1.165, 1.54) is 0 Å². The molecule has 4 heteroatoms. The second kappa shape index (κ2) is 8.02. The lowest BCUT2D eigenvalue weighted by molar-refractivity contribution is -0.129. The maximum absolute atomic E-state index is 12.0. The molecule has 0 bridgehead atoms. The highest BCUT2D eigenvalue weighted by Crippen LogP contribution is 2.13. The molecule has 1 aromatic carbocycles. The highest BCUT2D eigenvalue weighted by atomic mass is 16.5. The van der Waals surface area contributed by atoms with Crippen LogP contribution in [0.1, 0.15) is 39.7 Å². The zero-order valence-corrected chi connectivity index (χ0v) is 12.8. The van der Waals surface area contributed by atoms with Gasteiger partial charge in [-0.05, 0) is 43.9 Å². The third-order valence-corrected chi connectivity index (χ3v) is 3.07. The van der Waals surface area contributed by atoms with Crippen molar-refractivity contribution in [1.29, 1.82) is 0 Å². The second-order valence-corrected chi connectivity index (χ2v) is 5.61. The molecule has 1 amide bonds. The smallest absolute Gasteiger partial charge is 0.253 e. The van der Waals surface area contributed by atoms with Crippen molar-refractivity contribution in [2.45, 2.75) is 52.9 Å². The largest absolute Gasteiger partial charge is 0.366 e. The summed E-state index contributed by atoms with van der Waals surface area (Å²) in [6, 6.07) is 7.51. The van der Waals surface area contributed by atoms with E-state index in [-0.39, 0.29) is 12.0 Å². The molecule has 2 atom stereocenters. The number of hydrogen-bond donors (Lipinski definition) is 2. The van der Waals surface area contributed by atoms with Crippen LogP contribution in [0.4, 0.5) is 5.69 Å². The van der Waals surface area contributed by atoms with E-state index in [0.29, 0.717) is 12.5 Å². The first-order valence-corrected chi connectivity index (χ1v) is 7.17. The van der Waals surface area contributed by atoms with Gasteiger partial charge in [0.25, 0.3) is 5.91 Å². The first kappa shape index (κ1) is 16.7. The molecule has 3 N–H and O–H groups in total. The Balaban J connectivity index is 2.48. The van der Waals surface area contributed by atoms with Gasteiger partial charge in [0.2, 0.25) is 0 Å². The van der Waals surface area contributed by atoms with Crippen LogP contribution < -0.4 is 11.1 Å². The van der Waals surface area contributed by atoms with E-state index in [9.17, 15) is 4.79 Å². The lowest BCUT2D eigenvalue weighted by Crippen LogP contribution is -2.31. The molecule has 0 saturated heterocycles. The fourth-order valence-corrected chi connectivity index (χ4v) is 2.10. The van der Waals surface area contributed by atoms with E-state index in [1.54, 1.807) is 6.92 Å². The third kappa shape index (κ3) is 5.72. The number of anilines is 1. The predicted octanol–water partition coefficient (Wildman–Crippen LogP) is 2.92. The van der Waals surface area contributed by atoms with Gasteiger partial charge in [-0.3, -0.25) is 4.79 Å². The summed E-state index contributed by atoms with van der Waals surface area (Å²) in [7, 11) is 0. The van der Waals surface area contributed by atoms with Gasteiger partial charge in [-0.15, -0.1) is 0 Å². The fourth-order valence-electron chi connectivity index (χ4n) is 2.10. The predicted molar refractivity (Wildman–Crippen MR) is 82.4 cm³/mol. The molecule has 0 saturated carbocycles. The average Bonchev–Trinajstić information content (AvgIpc) is 2.38. The Labute approximate surface area is 121 Å². The number of nitrogens with one attached hydrogen (secondary N) is 1. The van der Waals surface area contributed by atoms with Gasteiger partial charge in [-0.1, -0.05) is 26.0 Å². The van der Waals surface area contributed by atoms with Gasteiger partial charge < -0.3 is 15.8 Å². The van der Waals surface area contributed by atoms with Crippen LogP contribution in [0.2, 0.25) is 0 Å². The summed E-state index contributed by atoms with van der Waals surface area (Å²) < 4.78 is 5.71. The molecule has 0 radical (unpaired) electrons. The Bertz CT molecular complexity index is 415. The molecular formula is C16H26N2O2. The summed E-state index contributed by atoms with van der Waals surface area (Å²) in [5.74, 6) is 0.435. The van der Waals surface area contributed by atoms with E-state index >= 15 is 0 Å². The van der Waals surface area contributed by atoms with Gasteiger partial charge in [-0.25, -0.2) is 0 Å². The summed E-state index contributed by atoms with van der Waals surface area (Å²) in [5, 5.41) is 2.85. The maximum atomic E-state index is 12.0. The van der Waals surface area contributed by atoms with Gasteiger partial charge in [0.05, 0.1) is 6.10 Å². The zero-order valence-electron chi connectivity index (χ0n) is 12.8. The number of hydrogen-bond acceptors (Lipinski definition) is 3. The molecule has 4 nitrogen and oxygen atoms in total. The van der Waals surface area contributed by atoms with Gasteiger partial charge in [0.15, 0.2) is 0 Å². The number of nitrogens with two attached hydrogens (primary N) is 1. The SMILES string of the molecule is CC(C)CC(C)OC(C)C(=O)Nc1ccc(CN)cc1. The molecule has 0 spiro atoms. The molecule has 0 aliphatic heterocycles. The number of amides is 1. The average molecular weight is 278 g/mol. The van der Waals surface area contributed by atoms with Crippen molar-refractivity contribution in [3.63, 3.8) is 0 Å². The molecular weight excluding hydrogens is 252 g/mol. The van der Waals surface area contributed by atoms with E-state index in [0.717, 1.165) is 17.7 Å². The topological polar surface area (TPSA) is 64.3 Å². The lowest BCUT2D eigenvalue weighted by atomic mass is 10.1. The van der Waals surface area contributed by atoms with Crippen LogP contribution in [0.3, 0.4) is 0 Å². The minimum Gasteiger partial charge on any atom is -0.366 e. The Morgan fingerprint density at radius 3 is 2.30 bits per heavy atom. The monoisotopic (exact) mass is 278 g/mol. The first-order valence-electron chi connectivity index (χ1n) is 7.17. The number of rotatable bonds is 7. The van der Waals surface area contributed by atoms with Crippen molar-refractivity contribution in [2.75, 3.05) is 5.32 Å². The number of benzene rings is 1. The molecule has 1 rings (SSSR count). The van der Waals surface area contributed by atoms with Gasteiger partial charge in [0.1, 0.15) is 6.10 Å². The Hall–Kier alpha value is -1.39. The standard InChI is InChI=1S/C16H26N2O2/c1-11(2)9-12(3)20-13(4)16(19)18-15-7-5-14(10-17)6-8-15/h5-8,11-13H,9-10,17H2,1-4H3,(H,18,19). The van der Waals surface area contributed by atoms with Crippen molar-refractivity contribution in [3.05, 3.63) is 29.8 Å². The van der Waals surface area contributed by atoms with Crippen molar-refractivity contribution in [2.24, 2.45) is 11.7 Å². The molecule has 112 valence electrons. The van der Waals surface area contributed by atoms with Gasteiger partial charge in [-0.2, -0.15) is 0 Å². The van der Waals surface area contributed by atoms with Crippen LogP contribution in [0, 0.1) is 5.92 Å². The van der Waals surface area contributed by atoms with Crippen LogP contribution in [0.5, 0.6) is 0 Å². The van der Waals surface area contributed by atoms with Crippen LogP contribution >= 0.6 is 0 Å². The summed E-state index contributed by atoms with van der Waals surface area (Å²) in [4.78, 5) is 12.0. The quantitative estimate of drug-likeness (QED) is 0.806. The molecule has 0 heterocycles. The molecule has 2 unspecified atom stereocenters. The Kier molecular flexibility index (Phi) is 6.68. The number of carbonyl (C=O) groups excluding carboxylic acids is 1. The second-order valence-electron chi connectivity index (χ2n) is 5.61. The zero-order chi connectivity index (χ0) is 15.1. The van der Waals surface area contributed by atoms with E-state index in [4.69, 9.17) is 10.5 Å². The first-order chi connectivity index (χ1) is 9.42. The molecule has 0 aliphatic carbocycles. The van der Waals surface area contributed by atoms with E-state index < -0.39 is 6.10 Å². The normalized spacial score (nSPS) is 14.1. The van der Waals surface area contributed by atoms with Crippen LogP contribution in [0.15, 0.2) is 24.3 Å². The minimum atomic E-state index is -0.460. The summed E-state index contributed by atoms with van der Waals surface area (Å²) in [5.41, 5.74) is 7.34. The maximum Gasteiger partial charge on any atom is 0.253 e. The van der Waals surface area contributed by atoms with Crippen molar-refractivity contribution < 1.29 is 9.53 Å². The summed E-state index contributed by atoms with van der Waals surface area (Å²) in [6.45, 7) is 8.56. The lowest BCUT2D eigenvalue weighted by Gasteiger charge is -2.20. The molecule has 20 heavy (non-hydrogen) atoms. The van der Waals surface area contributed by atoms with Crippen molar-refractivity contribution in [3.8, 4) is 0 Å². The minimum absolute atomic E-state index is 0.0790. The van der Waals surface area contributed by atoms with Gasteiger partial charge >= 0.3 is 0 Å². The molecule has 0 fully saturated rings. The summed E-state index contributed by atoms with van der Waals surface area (Å²) >= 11 is 0. The van der Waals surface area contributed by atoms with Gasteiger partial charge in [0, 0.05) is 12.2 Å². The van der Waals surface area contributed by atoms with E-state index in [2.05, 4.69) is 19.2 Å². The van der Waals surface area contributed by atoms with Crippen LogP contribution in [0.25, 0.3) is 0 Å². The molecule has 0 aliphatic rings. The number of carbonyl (C=O) groups is 1. The fraction of sp³-hybridized carbons (Fsp3) is 0.562. The Morgan fingerprint density at radius 1 is 1.20 bits per heavy atom.